The fourth-order valence-electron chi connectivity index (χ4n) is 1.23. The van der Waals surface area contributed by atoms with Crippen molar-refractivity contribution >= 4 is 5.97 Å². The minimum Gasteiger partial charge on any atom is -0.478 e. The monoisotopic (exact) mass is 286 g/mol. The van der Waals surface area contributed by atoms with E-state index in [9.17, 15) is 4.79 Å². The van der Waals surface area contributed by atoms with E-state index < -0.39 is 11.4 Å². The minimum absolute atomic E-state index is 0.156. The van der Waals surface area contributed by atoms with E-state index in [0.29, 0.717) is 19.3 Å². The van der Waals surface area contributed by atoms with Crippen LogP contribution < -0.4 is 0 Å². The van der Waals surface area contributed by atoms with E-state index in [1.165, 1.54) is 6.08 Å². The quantitative estimate of drug-likeness (QED) is 0.380. The van der Waals surface area contributed by atoms with Crippen LogP contribution in [-0.4, -0.2) is 46.2 Å². The Morgan fingerprint density at radius 1 is 1.05 bits per heavy atom. The number of hydrogen-bond acceptors (Lipinski definition) is 4. The highest BCUT2D eigenvalue weighted by Gasteiger charge is 2.24. The van der Waals surface area contributed by atoms with Gasteiger partial charge in [0.1, 0.15) is 0 Å². The predicted molar refractivity (Wildman–Crippen MR) is 79.3 cm³/mol. The summed E-state index contributed by atoms with van der Waals surface area (Å²) < 4.78 is 0. The second kappa shape index (κ2) is 12.6. The Morgan fingerprint density at radius 3 is 1.60 bits per heavy atom. The first-order valence-electron chi connectivity index (χ1n) is 6.42. The summed E-state index contributed by atoms with van der Waals surface area (Å²) in [5.74, 6) is -0.913. The highest BCUT2D eigenvalue weighted by molar-refractivity contribution is 5.80. The third-order valence-corrected chi connectivity index (χ3v) is 2.90. The lowest BCUT2D eigenvalue weighted by molar-refractivity contribution is -0.131. The lowest BCUT2D eigenvalue weighted by atomic mass is 9.88. The first-order valence-corrected chi connectivity index (χ1v) is 6.42. The van der Waals surface area contributed by atoms with Crippen molar-refractivity contribution in [1.82, 2.24) is 0 Å². The number of allylic oxidation sites excluding steroid dienone is 3. The van der Waals surface area contributed by atoms with Crippen LogP contribution in [0.15, 0.2) is 37.0 Å². The predicted octanol–water partition coefficient (Wildman–Crippen LogP) is 1.51. The van der Waals surface area contributed by atoms with E-state index in [-0.39, 0.29) is 19.8 Å². The number of aliphatic hydroxyl groups is 3. The Bertz CT molecular complexity index is 287. The van der Waals surface area contributed by atoms with Gasteiger partial charge in [0.25, 0.3) is 0 Å². The molecule has 0 unspecified atom stereocenters. The van der Waals surface area contributed by atoms with Crippen molar-refractivity contribution in [3.8, 4) is 0 Å². The molecule has 116 valence electrons. The third kappa shape index (κ3) is 9.49. The van der Waals surface area contributed by atoms with Gasteiger partial charge < -0.3 is 20.4 Å². The zero-order chi connectivity index (χ0) is 16.0. The second-order valence-electron chi connectivity index (χ2n) is 4.45. The van der Waals surface area contributed by atoms with Crippen LogP contribution in [0.1, 0.15) is 26.2 Å². The van der Waals surface area contributed by atoms with Gasteiger partial charge in [-0.3, -0.25) is 0 Å². The molecule has 20 heavy (non-hydrogen) atoms. The lowest BCUT2D eigenvalue weighted by Gasteiger charge is -2.24. The summed E-state index contributed by atoms with van der Waals surface area (Å²) in [6, 6.07) is 0. The van der Waals surface area contributed by atoms with Gasteiger partial charge in [-0.15, -0.1) is 13.2 Å². The van der Waals surface area contributed by atoms with Crippen molar-refractivity contribution in [3.05, 3.63) is 37.0 Å². The van der Waals surface area contributed by atoms with Crippen molar-refractivity contribution in [2.75, 3.05) is 19.8 Å². The van der Waals surface area contributed by atoms with Gasteiger partial charge in [-0.25, -0.2) is 4.79 Å². The maximum atomic E-state index is 10.2. The Balaban J connectivity index is 0. The molecule has 5 heteroatoms. The fraction of sp³-hybridized carbons (Fsp3) is 0.533. The number of aliphatic hydroxyl groups excluding tert-OH is 3. The van der Waals surface area contributed by atoms with Gasteiger partial charge in [0.2, 0.25) is 0 Å². The van der Waals surface area contributed by atoms with E-state index in [1.54, 1.807) is 12.2 Å². The average Bonchev–Trinajstić information content (AvgIpc) is 2.43. The molecule has 0 amide bonds. The van der Waals surface area contributed by atoms with E-state index >= 15 is 0 Å². The van der Waals surface area contributed by atoms with Crippen LogP contribution in [0.4, 0.5) is 0 Å². The molecular formula is C15H26O5. The van der Waals surface area contributed by atoms with Crippen molar-refractivity contribution in [2.24, 2.45) is 5.41 Å². The Hall–Kier alpha value is -1.43. The molecule has 0 atom stereocenters. The van der Waals surface area contributed by atoms with Gasteiger partial charge in [-0.05, 0) is 19.3 Å². The normalized spacial score (nSPS) is 10.0. The maximum Gasteiger partial charge on any atom is 0.328 e. The topological polar surface area (TPSA) is 98.0 Å². The lowest BCUT2D eigenvalue weighted by Crippen LogP contribution is -2.32. The van der Waals surface area contributed by atoms with Gasteiger partial charge in [-0.2, -0.15) is 0 Å². The Morgan fingerprint density at radius 2 is 1.45 bits per heavy atom. The molecule has 0 rings (SSSR count). The van der Waals surface area contributed by atoms with Crippen LogP contribution in [0.3, 0.4) is 0 Å². The molecule has 0 aliphatic rings. The highest BCUT2D eigenvalue weighted by atomic mass is 16.4. The summed E-state index contributed by atoms with van der Waals surface area (Å²) in [5.41, 5.74) is 0.155. The SMILES string of the molecule is C=CCC(=CC(=O)O)CC=C.CCC(CO)(CO)CO. The van der Waals surface area contributed by atoms with Gasteiger partial charge in [0.15, 0.2) is 0 Å². The molecular weight excluding hydrogens is 260 g/mol. The molecule has 0 aromatic carbocycles. The molecule has 0 fully saturated rings. The van der Waals surface area contributed by atoms with Crippen LogP contribution in [0, 0.1) is 5.41 Å². The second-order valence-corrected chi connectivity index (χ2v) is 4.45. The van der Waals surface area contributed by atoms with Crippen LogP contribution >= 0.6 is 0 Å². The number of hydrogen-bond donors (Lipinski definition) is 4. The third-order valence-electron chi connectivity index (χ3n) is 2.90. The molecule has 0 bridgehead atoms. The van der Waals surface area contributed by atoms with Crippen LogP contribution in [0.2, 0.25) is 0 Å². The molecule has 0 heterocycles. The molecule has 0 saturated heterocycles. The first-order chi connectivity index (χ1) is 9.44. The van der Waals surface area contributed by atoms with Crippen LogP contribution in [-0.2, 0) is 4.79 Å². The molecule has 0 radical (unpaired) electrons. The zero-order valence-corrected chi connectivity index (χ0v) is 12.1. The minimum atomic E-state index is -0.913. The average molecular weight is 286 g/mol. The summed E-state index contributed by atoms with van der Waals surface area (Å²) in [7, 11) is 0. The molecule has 0 aliphatic carbocycles. The summed E-state index contributed by atoms with van der Waals surface area (Å²) in [5, 5.41) is 34.4. The zero-order valence-electron chi connectivity index (χ0n) is 12.1. The summed E-state index contributed by atoms with van der Waals surface area (Å²) >= 11 is 0. The van der Waals surface area contributed by atoms with E-state index in [4.69, 9.17) is 20.4 Å². The van der Waals surface area contributed by atoms with Gasteiger partial charge in [0, 0.05) is 11.5 Å². The highest BCUT2D eigenvalue weighted by Crippen LogP contribution is 2.18. The van der Waals surface area contributed by atoms with Crippen molar-refractivity contribution in [3.63, 3.8) is 0 Å². The van der Waals surface area contributed by atoms with Gasteiger partial charge in [0.05, 0.1) is 19.8 Å². The molecule has 0 saturated carbocycles. The number of aliphatic carboxylic acids is 1. The summed E-state index contributed by atoms with van der Waals surface area (Å²) in [6.07, 6.45) is 6.37. The van der Waals surface area contributed by atoms with E-state index in [2.05, 4.69) is 13.2 Å². The maximum absolute atomic E-state index is 10.2. The number of rotatable bonds is 9. The van der Waals surface area contributed by atoms with E-state index in [0.717, 1.165) is 5.57 Å². The van der Waals surface area contributed by atoms with Crippen LogP contribution in [0.25, 0.3) is 0 Å². The van der Waals surface area contributed by atoms with Crippen molar-refractivity contribution in [2.45, 2.75) is 26.2 Å². The summed E-state index contributed by atoms with van der Waals surface area (Å²) in [4.78, 5) is 10.2. The summed E-state index contributed by atoms with van der Waals surface area (Å²) in [6.45, 7) is 8.40. The van der Waals surface area contributed by atoms with Gasteiger partial charge in [-0.1, -0.05) is 24.6 Å². The molecule has 0 aromatic heterocycles. The smallest absolute Gasteiger partial charge is 0.328 e. The van der Waals surface area contributed by atoms with E-state index in [1.807, 2.05) is 6.92 Å². The van der Waals surface area contributed by atoms with Crippen LogP contribution in [0.5, 0.6) is 0 Å². The van der Waals surface area contributed by atoms with Crippen molar-refractivity contribution in [1.29, 1.82) is 0 Å². The fourth-order valence-corrected chi connectivity index (χ4v) is 1.23. The number of carboxylic acid groups (broad SMARTS) is 1. The molecule has 0 spiro atoms. The molecule has 0 aromatic rings. The standard InChI is InChI=1S/C9H12O2.C6H14O3/c1-3-5-8(6-4-2)7-9(10)11;1-2-6(3-7,4-8)5-9/h3-4,7H,1-2,5-6H2,(H,10,11);7-9H,2-5H2,1H3. The Labute approximate surface area is 120 Å². The largest absolute Gasteiger partial charge is 0.478 e. The molecule has 5 nitrogen and oxygen atoms in total. The first kappa shape index (κ1) is 20.9. The van der Waals surface area contributed by atoms with Crippen molar-refractivity contribution < 1.29 is 25.2 Å². The molecule has 4 N–H and O–H groups in total. The molecule has 0 aliphatic heterocycles. The number of carboxylic acids is 1. The number of carbonyl (C=O) groups is 1. The van der Waals surface area contributed by atoms with Gasteiger partial charge >= 0.3 is 5.97 Å². The Kier molecular flexibility index (Phi) is 13.1.